The summed E-state index contributed by atoms with van der Waals surface area (Å²) in [4.78, 5) is 14.1. The molecular formula is C21H28N6. The van der Waals surface area contributed by atoms with Gasteiger partial charge in [0.05, 0.1) is 0 Å². The van der Waals surface area contributed by atoms with E-state index in [1.54, 1.807) is 0 Å². The van der Waals surface area contributed by atoms with Gasteiger partial charge in [-0.1, -0.05) is 19.1 Å². The fourth-order valence-corrected chi connectivity index (χ4v) is 3.92. The zero-order valence-electron chi connectivity index (χ0n) is 16.7. The highest BCUT2D eigenvalue weighted by Crippen LogP contribution is 2.25. The van der Waals surface area contributed by atoms with Crippen LogP contribution in [0.3, 0.4) is 0 Å². The van der Waals surface area contributed by atoms with Crippen molar-refractivity contribution in [2.75, 3.05) is 29.4 Å². The van der Waals surface area contributed by atoms with Gasteiger partial charge in [-0.25, -0.2) is 4.98 Å². The minimum atomic E-state index is 0.419. The lowest BCUT2D eigenvalue weighted by molar-refractivity contribution is 0.543. The van der Waals surface area contributed by atoms with Gasteiger partial charge < -0.3 is 9.80 Å². The maximum Gasteiger partial charge on any atom is 0.254 e. The van der Waals surface area contributed by atoms with Crippen LogP contribution in [0.5, 0.6) is 0 Å². The molecule has 0 amide bonds. The van der Waals surface area contributed by atoms with Crippen LogP contribution in [0.25, 0.3) is 5.78 Å². The molecule has 0 N–H and O–H groups in total. The van der Waals surface area contributed by atoms with Gasteiger partial charge in [0.25, 0.3) is 5.78 Å². The van der Waals surface area contributed by atoms with Crippen LogP contribution in [0.1, 0.15) is 37.4 Å². The SMILES string of the molecule is CCCc1nc2nc(C)cc(N3CCN(c4cccc(C)c4)C(C)C3)n2n1. The molecule has 1 aliphatic heterocycles. The number of nitrogens with zero attached hydrogens (tertiary/aromatic N) is 6. The molecule has 0 spiro atoms. The Labute approximate surface area is 160 Å². The molecule has 0 bridgehead atoms. The largest absolute Gasteiger partial charge is 0.365 e. The van der Waals surface area contributed by atoms with Crippen LogP contribution < -0.4 is 9.80 Å². The Balaban J connectivity index is 1.62. The maximum atomic E-state index is 4.72. The summed E-state index contributed by atoms with van der Waals surface area (Å²) in [7, 11) is 0. The normalized spacial score (nSPS) is 17.7. The van der Waals surface area contributed by atoms with E-state index in [2.05, 4.69) is 70.9 Å². The van der Waals surface area contributed by atoms with Crippen LogP contribution in [0.4, 0.5) is 11.5 Å². The van der Waals surface area contributed by atoms with E-state index in [0.29, 0.717) is 11.8 Å². The van der Waals surface area contributed by atoms with E-state index in [1.807, 2.05) is 11.4 Å². The second kappa shape index (κ2) is 7.18. The second-order valence-electron chi connectivity index (χ2n) is 7.57. The summed E-state index contributed by atoms with van der Waals surface area (Å²) in [6.07, 6.45) is 1.93. The molecule has 142 valence electrons. The van der Waals surface area contributed by atoms with Crippen molar-refractivity contribution in [3.8, 4) is 0 Å². The van der Waals surface area contributed by atoms with Gasteiger partial charge in [-0.05, 0) is 44.9 Å². The van der Waals surface area contributed by atoms with E-state index < -0.39 is 0 Å². The quantitative estimate of drug-likeness (QED) is 0.710. The van der Waals surface area contributed by atoms with Crippen molar-refractivity contribution in [1.82, 2.24) is 19.6 Å². The van der Waals surface area contributed by atoms with E-state index in [4.69, 9.17) is 5.10 Å². The zero-order chi connectivity index (χ0) is 19.0. The summed E-state index contributed by atoms with van der Waals surface area (Å²) < 4.78 is 1.92. The van der Waals surface area contributed by atoms with Crippen molar-refractivity contribution >= 4 is 17.3 Å². The van der Waals surface area contributed by atoms with Crippen LogP contribution in [-0.4, -0.2) is 45.3 Å². The summed E-state index contributed by atoms with van der Waals surface area (Å²) >= 11 is 0. The number of aryl methyl sites for hydroxylation is 3. The standard InChI is InChI=1S/C21H28N6/c1-5-7-19-23-21-22-16(3)13-20(27(21)24-19)25-10-11-26(17(4)14-25)18-9-6-8-15(2)12-18/h6,8-9,12-13,17H,5,7,10-11,14H2,1-4H3. The van der Waals surface area contributed by atoms with E-state index in [1.165, 1.54) is 11.3 Å². The van der Waals surface area contributed by atoms with Gasteiger partial charge >= 0.3 is 0 Å². The Hall–Kier alpha value is -2.63. The summed E-state index contributed by atoms with van der Waals surface area (Å²) in [5.41, 5.74) is 3.60. The Morgan fingerprint density at radius 3 is 2.70 bits per heavy atom. The number of hydrogen-bond donors (Lipinski definition) is 0. The van der Waals surface area contributed by atoms with E-state index in [9.17, 15) is 0 Å². The molecule has 1 unspecified atom stereocenters. The topological polar surface area (TPSA) is 49.6 Å². The third kappa shape index (κ3) is 3.48. The van der Waals surface area contributed by atoms with Gasteiger partial charge in [-0.2, -0.15) is 9.50 Å². The number of piperazine rings is 1. The van der Waals surface area contributed by atoms with Gasteiger partial charge in [0.15, 0.2) is 5.82 Å². The monoisotopic (exact) mass is 364 g/mol. The van der Waals surface area contributed by atoms with Crippen LogP contribution >= 0.6 is 0 Å². The molecule has 3 aromatic rings. The lowest BCUT2D eigenvalue weighted by Gasteiger charge is -2.42. The minimum Gasteiger partial charge on any atom is -0.365 e. The molecule has 6 heteroatoms. The van der Waals surface area contributed by atoms with E-state index in [0.717, 1.165) is 49.8 Å². The van der Waals surface area contributed by atoms with Crippen molar-refractivity contribution in [1.29, 1.82) is 0 Å². The van der Waals surface area contributed by atoms with Crippen molar-refractivity contribution in [3.63, 3.8) is 0 Å². The third-order valence-corrected chi connectivity index (χ3v) is 5.22. The van der Waals surface area contributed by atoms with Gasteiger partial charge in [0, 0.05) is 49.5 Å². The third-order valence-electron chi connectivity index (χ3n) is 5.22. The van der Waals surface area contributed by atoms with Crippen LogP contribution in [0.2, 0.25) is 0 Å². The highest BCUT2D eigenvalue weighted by atomic mass is 15.4. The Bertz CT molecular complexity index is 947. The van der Waals surface area contributed by atoms with E-state index >= 15 is 0 Å². The zero-order valence-corrected chi connectivity index (χ0v) is 16.7. The molecule has 1 aliphatic rings. The van der Waals surface area contributed by atoms with Crippen molar-refractivity contribution < 1.29 is 0 Å². The van der Waals surface area contributed by atoms with Gasteiger partial charge in [0.1, 0.15) is 5.82 Å². The van der Waals surface area contributed by atoms with Crippen molar-refractivity contribution in [3.05, 3.63) is 47.4 Å². The molecule has 1 saturated heterocycles. The number of hydrogen-bond acceptors (Lipinski definition) is 5. The molecule has 0 aliphatic carbocycles. The molecule has 1 fully saturated rings. The average Bonchev–Trinajstić information content (AvgIpc) is 3.03. The van der Waals surface area contributed by atoms with Crippen LogP contribution in [0, 0.1) is 13.8 Å². The highest BCUT2D eigenvalue weighted by Gasteiger charge is 2.26. The summed E-state index contributed by atoms with van der Waals surface area (Å²) in [6.45, 7) is 11.5. The Morgan fingerprint density at radius 1 is 1.11 bits per heavy atom. The molecule has 2 aromatic heterocycles. The average molecular weight is 364 g/mol. The number of aromatic nitrogens is 4. The summed E-state index contributed by atoms with van der Waals surface area (Å²) in [6, 6.07) is 11.3. The summed E-state index contributed by atoms with van der Waals surface area (Å²) in [5.74, 6) is 2.69. The number of rotatable bonds is 4. The molecular weight excluding hydrogens is 336 g/mol. The van der Waals surface area contributed by atoms with Crippen molar-refractivity contribution in [2.45, 2.75) is 46.6 Å². The first-order valence-corrected chi connectivity index (χ1v) is 9.86. The molecule has 4 rings (SSSR count). The van der Waals surface area contributed by atoms with Crippen LogP contribution in [-0.2, 0) is 6.42 Å². The number of benzene rings is 1. The van der Waals surface area contributed by atoms with Gasteiger partial charge in [-0.3, -0.25) is 0 Å². The molecule has 0 saturated carbocycles. The lowest BCUT2D eigenvalue weighted by Crippen LogP contribution is -2.52. The fraction of sp³-hybridized carbons (Fsp3) is 0.476. The predicted molar refractivity (Wildman–Crippen MR) is 110 cm³/mol. The molecule has 1 aromatic carbocycles. The number of anilines is 2. The van der Waals surface area contributed by atoms with Gasteiger partial charge in [-0.15, -0.1) is 5.10 Å². The molecule has 27 heavy (non-hydrogen) atoms. The molecule has 0 radical (unpaired) electrons. The molecule has 3 heterocycles. The smallest absolute Gasteiger partial charge is 0.254 e. The molecule has 1 atom stereocenters. The van der Waals surface area contributed by atoms with Crippen LogP contribution in [0.15, 0.2) is 30.3 Å². The first-order chi connectivity index (χ1) is 13.0. The lowest BCUT2D eigenvalue weighted by atomic mass is 10.1. The first kappa shape index (κ1) is 17.8. The van der Waals surface area contributed by atoms with E-state index in [-0.39, 0.29) is 0 Å². The maximum absolute atomic E-state index is 4.72. The second-order valence-corrected chi connectivity index (χ2v) is 7.57. The number of fused-ring (bicyclic) bond motifs is 1. The molecule has 6 nitrogen and oxygen atoms in total. The highest BCUT2D eigenvalue weighted by molar-refractivity contribution is 5.53. The Morgan fingerprint density at radius 2 is 1.96 bits per heavy atom. The van der Waals surface area contributed by atoms with Crippen molar-refractivity contribution in [2.24, 2.45) is 0 Å². The minimum absolute atomic E-state index is 0.419. The predicted octanol–water partition coefficient (Wildman–Crippen LogP) is 3.41. The first-order valence-electron chi connectivity index (χ1n) is 9.86. The summed E-state index contributed by atoms with van der Waals surface area (Å²) in [5, 5.41) is 4.72. The fourth-order valence-electron chi connectivity index (χ4n) is 3.92. The Kier molecular flexibility index (Phi) is 4.72. The van der Waals surface area contributed by atoms with Gasteiger partial charge in [0.2, 0.25) is 0 Å².